The number of ether oxygens (including phenoxy) is 1. The third-order valence-corrected chi connectivity index (χ3v) is 7.20. The molecule has 0 spiro atoms. The van der Waals surface area contributed by atoms with Crippen LogP contribution in [-0.2, 0) is 9.53 Å². The number of carbonyl (C=O) groups excluding carboxylic acids is 2. The first-order valence-corrected chi connectivity index (χ1v) is 12.3. The second-order valence-corrected chi connectivity index (χ2v) is 9.34. The largest absolute Gasteiger partial charge is 0.378 e. The zero-order chi connectivity index (χ0) is 22.6. The van der Waals surface area contributed by atoms with Gasteiger partial charge in [0, 0.05) is 48.9 Å². The molecular formula is C23H28N6O3S. The molecule has 3 N–H and O–H groups in total. The SMILES string of the molecule is O=C(Nc1cc(C(=O)N2CCOCC2)ccc1N1CCCCC1)C1=CSC(c2cn[nH]c2)N1. The number of benzene rings is 1. The highest BCUT2D eigenvalue weighted by molar-refractivity contribution is 8.02. The molecule has 1 aromatic heterocycles. The number of amides is 2. The second kappa shape index (κ2) is 9.88. The molecule has 1 atom stereocenters. The Labute approximate surface area is 196 Å². The van der Waals surface area contributed by atoms with Crippen molar-refractivity contribution in [3.63, 3.8) is 0 Å². The van der Waals surface area contributed by atoms with Crippen LogP contribution < -0.4 is 15.5 Å². The smallest absolute Gasteiger partial charge is 0.272 e. The summed E-state index contributed by atoms with van der Waals surface area (Å²) < 4.78 is 5.37. The summed E-state index contributed by atoms with van der Waals surface area (Å²) in [6.45, 7) is 4.15. The molecule has 10 heteroatoms. The third kappa shape index (κ3) is 4.86. The number of nitrogens with one attached hydrogen (secondary N) is 3. The lowest BCUT2D eigenvalue weighted by Gasteiger charge is -2.31. The van der Waals surface area contributed by atoms with Crippen molar-refractivity contribution < 1.29 is 14.3 Å². The normalized spacial score (nSPS) is 20.8. The molecule has 0 saturated carbocycles. The van der Waals surface area contributed by atoms with Crippen LogP contribution in [0.1, 0.15) is 40.6 Å². The van der Waals surface area contributed by atoms with E-state index in [1.54, 1.807) is 11.1 Å². The van der Waals surface area contributed by atoms with Crippen molar-refractivity contribution in [2.75, 3.05) is 49.6 Å². The Morgan fingerprint density at radius 3 is 2.70 bits per heavy atom. The van der Waals surface area contributed by atoms with E-state index >= 15 is 0 Å². The second-order valence-electron chi connectivity index (χ2n) is 8.36. The van der Waals surface area contributed by atoms with E-state index in [4.69, 9.17) is 4.74 Å². The summed E-state index contributed by atoms with van der Waals surface area (Å²) in [5, 5.41) is 14.9. The number of hydrogen-bond acceptors (Lipinski definition) is 7. The molecule has 174 valence electrons. The summed E-state index contributed by atoms with van der Waals surface area (Å²) in [5.41, 5.74) is 3.68. The maximum absolute atomic E-state index is 13.1. The fraction of sp³-hybridized carbons (Fsp3) is 0.435. The number of carbonyl (C=O) groups is 2. The molecule has 1 aromatic carbocycles. The van der Waals surface area contributed by atoms with Gasteiger partial charge in [0.1, 0.15) is 11.1 Å². The summed E-state index contributed by atoms with van der Waals surface area (Å²) in [5.74, 6) is -0.254. The maximum Gasteiger partial charge on any atom is 0.272 e. The zero-order valence-corrected chi connectivity index (χ0v) is 19.2. The van der Waals surface area contributed by atoms with Crippen molar-refractivity contribution in [3.05, 3.63) is 52.8 Å². The fourth-order valence-electron chi connectivity index (χ4n) is 4.35. The molecule has 3 aliphatic heterocycles. The number of nitrogens with zero attached hydrogens (tertiary/aromatic N) is 3. The predicted octanol–water partition coefficient (Wildman–Crippen LogP) is 2.69. The van der Waals surface area contributed by atoms with Crippen molar-refractivity contribution in [3.8, 4) is 0 Å². The van der Waals surface area contributed by atoms with Gasteiger partial charge in [0.2, 0.25) is 0 Å². The average molecular weight is 469 g/mol. The Hall–Kier alpha value is -2.98. The Balaban J connectivity index is 1.36. The number of aromatic nitrogens is 2. The van der Waals surface area contributed by atoms with Gasteiger partial charge in [0.15, 0.2) is 0 Å². The van der Waals surface area contributed by atoms with Gasteiger partial charge in [-0.2, -0.15) is 5.10 Å². The molecule has 9 nitrogen and oxygen atoms in total. The van der Waals surface area contributed by atoms with E-state index in [1.807, 2.05) is 29.8 Å². The minimum absolute atomic E-state index is 0.0345. The first-order valence-electron chi connectivity index (χ1n) is 11.4. The minimum Gasteiger partial charge on any atom is -0.378 e. The quantitative estimate of drug-likeness (QED) is 0.620. The molecular weight excluding hydrogens is 440 g/mol. The van der Waals surface area contributed by atoms with E-state index in [9.17, 15) is 9.59 Å². The number of aromatic amines is 1. The Morgan fingerprint density at radius 2 is 1.94 bits per heavy atom. The van der Waals surface area contributed by atoms with Crippen LogP contribution in [-0.4, -0.2) is 66.3 Å². The van der Waals surface area contributed by atoms with E-state index < -0.39 is 0 Å². The summed E-state index contributed by atoms with van der Waals surface area (Å²) >= 11 is 1.53. The van der Waals surface area contributed by atoms with Gasteiger partial charge >= 0.3 is 0 Å². The number of thioether (sulfide) groups is 1. The molecule has 2 amide bonds. The molecule has 33 heavy (non-hydrogen) atoms. The van der Waals surface area contributed by atoms with E-state index in [2.05, 4.69) is 25.7 Å². The third-order valence-electron chi connectivity index (χ3n) is 6.16. The Morgan fingerprint density at radius 1 is 1.12 bits per heavy atom. The zero-order valence-electron chi connectivity index (χ0n) is 18.4. The van der Waals surface area contributed by atoms with Crippen LogP contribution in [0.3, 0.4) is 0 Å². The van der Waals surface area contributed by atoms with E-state index in [0.29, 0.717) is 43.3 Å². The van der Waals surface area contributed by atoms with Crippen molar-refractivity contribution >= 4 is 35.0 Å². The standard InChI is InChI=1S/C23H28N6O3S/c30-21(19-15-33-22(27-19)17-13-24-25-14-17)26-18-12-16(23(31)29-8-10-32-11-9-29)4-5-20(18)28-6-2-1-3-7-28/h4-5,12-15,22,27H,1-3,6-11H2,(H,24,25)(H,26,30). The van der Waals surface area contributed by atoms with Crippen LogP contribution in [0.4, 0.5) is 11.4 Å². The number of hydrogen-bond donors (Lipinski definition) is 3. The molecule has 2 saturated heterocycles. The summed E-state index contributed by atoms with van der Waals surface area (Å²) in [4.78, 5) is 30.3. The van der Waals surface area contributed by atoms with Gasteiger partial charge in [0.05, 0.1) is 30.8 Å². The molecule has 0 radical (unpaired) electrons. The van der Waals surface area contributed by atoms with Crippen LogP contribution in [0, 0.1) is 0 Å². The van der Waals surface area contributed by atoms with Gasteiger partial charge in [0.25, 0.3) is 11.8 Å². The van der Waals surface area contributed by atoms with Gasteiger partial charge in [-0.05, 0) is 37.5 Å². The maximum atomic E-state index is 13.1. The van der Waals surface area contributed by atoms with Gasteiger partial charge in [-0.25, -0.2) is 0 Å². The Bertz CT molecular complexity index is 1030. The number of piperidine rings is 1. The highest BCUT2D eigenvalue weighted by Gasteiger charge is 2.26. The van der Waals surface area contributed by atoms with Crippen LogP contribution in [0.15, 0.2) is 41.7 Å². The molecule has 2 fully saturated rings. The van der Waals surface area contributed by atoms with Gasteiger partial charge in [-0.1, -0.05) is 0 Å². The van der Waals surface area contributed by atoms with Crippen LogP contribution in [0.25, 0.3) is 0 Å². The van der Waals surface area contributed by atoms with Crippen molar-refractivity contribution in [2.24, 2.45) is 0 Å². The van der Waals surface area contributed by atoms with E-state index in [-0.39, 0.29) is 17.2 Å². The van der Waals surface area contributed by atoms with Crippen LogP contribution in [0.2, 0.25) is 0 Å². The minimum atomic E-state index is -0.220. The molecule has 1 unspecified atom stereocenters. The fourth-order valence-corrected chi connectivity index (χ4v) is 5.28. The Kier molecular flexibility index (Phi) is 6.54. The van der Waals surface area contributed by atoms with Crippen LogP contribution in [0.5, 0.6) is 0 Å². The van der Waals surface area contributed by atoms with Crippen molar-refractivity contribution in [2.45, 2.75) is 24.6 Å². The van der Waals surface area contributed by atoms with E-state index in [0.717, 1.165) is 37.2 Å². The predicted molar refractivity (Wildman–Crippen MR) is 128 cm³/mol. The molecule has 4 heterocycles. The highest BCUT2D eigenvalue weighted by atomic mass is 32.2. The lowest BCUT2D eigenvalue weighted by Crippen LogP contribution is -2.40. The van der Waals surface area contributed by atoms with Gasteiger partial charge < -0.3 is 25.2 Å². The van der Waals surface area contributed by atoms with Crippen LogP contribution >= 0.6 is 11.8 Å². The van der Waals surface area contributed by atoms with Crippen molar-refractivity contribution in [1.82, 2.24) is 20.4 Å². The molecule has 0 aliphatic carbocycles. The first-order chi connectivity index (χ1) is 16.2. The van der Waals surface area contributed by atoms with Crippen molar-refractivity contribution in [1.29, 1.82) is 0 Å². The number of H-pyrrole nitrogens is 1. The number of anilines is 2. The topological polar surface area (TPSA) is 103 Å². The first kappa shape index (κ1) is 21.8. The molecule has 2 aromatic rings. The summed E-state index contributed by atoms with van der Waals surface area (Å²) in [7, 11) is 0. The van der Waals surface area contributed by atoms with Gasteiger partial charge in [-0.3, -0.25) is 14.7 Å². The molecule has 5 rings (SSSR count). The van der Waals surface area contributed by atoms with Gasteiger partial charge in [-0.15, -0.1) is 11.8 Å². The lowest BCUT2D eigenvalue weighted by atomic mass is 10.1. The van der Waals surface area contributed by atoms with E-state index in [1.165, 1.54) is 18.2 Å². The molecule has 0 bridgehead atoms. The number of morpholine rings is 1. The monoisotopic (exact) mass is 468 g/mol. The highest BCUT2D eigenvalue weighted by Crippen LogP contribution is 2.35. The lowest BCUT2D eigenvalue weighted by molar-refractivity contribution is -0.113. The average Bonchev–Trinajstić information content (AvgIpc) is 3.57. The number of rotatable bonds is 5. The molecule has 3 aliphatic rings. The summed E-state index contributed by atoms with van der Waals surface area (Å²) in [6.07, 6.45) is 7.02. The summed E-state index contributed by atoms with van der Waals surface area (Å²) in [6, 6.07) is 5.65.